The summed E-state index contributed by atoms with van der Waals surface area (Å²) in [5.74, 6) is 0.967. The summed E-state index contributed by atoms with van der Waals surface area (Å²) in [6, 6.07) is 0.0547. The number of hydrogen-bond acceptors (Lipinski definition) is 3. The van der Waals surface area contributed by atoms with Crippen molar-refractivity contribution in [3.63, 3.8) is 0 Å². The smallest absolute Gasteiger partial charge is 0.241 e. The molecular formula is C17H32N2OS. The number of rotatable bonds is 7. The van der Waals surface area contributed by atoms with Crippen molar-refractivity contribution in [2.24, 2.45) is 5.92 Å². The van der Waals surface area contributed by atoms with Gasteiger partial charge in [0.05, 0.1) is 12.2 Å². The molecule has 2 unspecified atom stereocenters. The first-order chi connectivity index (χ1) is 10.0. The molecule has 2 fully saturated rings. The van der Waals surface area contributed by atoms with Gasteiger partial charge in [-0.2, -0.15) is 11.8 Å². The van der Waals surface area contributed by atoms with Crippen LogP contribution in [0.4, 0.5) is 0 Å². The molecule has 0 radical (unpaired) electrons. The normalized spacial score (nSPS) is 28.8. The summed E-state index contributed by atoms with van der Waals surface area (Å²) in [6.45, 7) is 7.60. The maximum absolute atomic E-state index is 12.8. The molecule has 2 rings (SSSR count). The molecule has 1 aliphatic carbocycles. The SMILES string of the molecule is CCCC1NC(CC(C)C)N(CC2(SC)CCCC2)C1=O. The Hall–Kier alpha value is -0.220. The fourth-order valence-electron chi connectivity index (χ4n) is 3.83. The average molecular weight is 313 g/mol. The number of thioether (sulfide) groups is 1. The Balaban J connectivity index is 2.10. The minimum absolute atomic E-state index is 0.0547. The van der Waals surface area contributed by atoms with Gasteiger partial charge in [0.25, 0.3) is 0 Å². The summed E-state index contributed by atoms with van der Waals surface area (Å²) in [5.41, 5.74) is 0. The molecule has 3 nitrogen and oxygen atoms in total. The van der Waals surface area contributed by atoms with Crippen LogP contribution in [0.2, 0.25) is 0 Å². The van der Waals surface area contributed by atoms with Crippen LogP contribution in [-0.2, 0) is 4.79 Å². The number of nitrogens with zero attached hydrogens (tertiary/aromatic N) is 1. The van der Waals surface area contributed by atoms with Gasteiger partial charge in [0.15, 0.2) is 0 Å². The molecule has 1 N–H and O–H groups in total. The van der Waals surface area contributed by atoms with Gasteiger partial charge in [0.1, 0.15) is 0 Å². The molecule has 0 aromatic rings. The van der Waals surface area contributed by atoms with Crippen LogP contribution in [0, 0.1) is 5.92 Å². The van der Waals surface area contributed by atoms with Crippen LogP contribution < -0.4 is 5.32 Å². The fourth-order valence-corrected chi connectivity index (χ4v) is 4.79. The molecule has 1 aliphatic heterocycles. The molecule has 0 spiro atoms. The largest absolute Gasteiger partial charge is 0.324 e. The van der Waals surface area contributed by atoms with Crippen molar-refractivity contribution in [2.45, 2.75) is 82.7 Å². The first kappa shape index (κ1) is 17.1. The van der Waals surface area contributed by atoms with Crippen LogP contribution in [-0.4, -0.2) is 40.6 Å². The Morgan fingerprint density at radius 1 is 1.38 bits per heavy atom. The van der Waals surface area contributed by atoms with E-state index in [-0.39, 0.29) is 12.2 Å². The van der Waals surface area contributed by atoms with E-state index in [1.54, 1.807) is 0 Å². The molecule has 0 bridgehead atoms. The van der Waals surface area contributed by atoms with Crippen molar-refractivity contribution in [1.82, 2.24) is 10.2 Å². The van der Waals surface area contributed by atoms with Gasteiger partial charge in [-0.05, 0) is 37.9 Å². The van der Waals surface area contributed by atoms with Gasteiger partial charge in [0, 0.05) is 11.3 Å². The third-order valence-corrected chi connectivity index (χ3v) is 6.43. The molecular weight excluding hydrogens is 280 g/mol. The van der Waals surface area contributed by atoms with Gasteiger partial charge in [-0.25, -0.2) is 0 Å². The number of amides is 1. The lowest BCUT2D eigenvalue weighted by atomic mass is 10.0. The van der Waals surface area contributed by atoms with Crippen LogP contribution in [0.1, 0.15) is 65.7 Å². The van der Waals surface area contributed by atoms with Crippen molar-refractivity contribution in [3.05, 3.63) is 0 Å². The molecule has 1 heterocycles. The molecule has 0 aromatic carbocycles. The quantitative estimate of drug-likeness (QED) is 0.779. The lowest BCUT2D eigenvalue weighted by molar-refractivity contribution is -0.130. The Morgan fingerprint density at radius 3 is 2.57 bits per heavy atom. The highest BCUT2D eigenvalue weighted by atomic mass is 32.2. The maximum atomic E-state index is 12.8. The van der Waals surface area contributed by atoms with Crippen molar-refractivity contribution < 1.29 is 4.79 Å². The average Bonchev–Trinajstić information content (AvgIpc) is 3.01. The zero-order chi connectivity index (χ0) is 15.5. The van der Waals surface area contributed by atoms with E-state index in [0.29, 0.717) is 16.6 Å². The summed E-state index contributed by atoms with van der Waals surface area (Å²) in [5, 5.41) is 3.61. The lowest BCUT2D eigenvalue weighted by Crippen LogP contribution is -2.46. The van der Waals surface area contributed by atoms with E-state index in [1.165, 1.54) is 25.7 Å². The van der Waals surface area contributed by atoms with E-state index in [4.69, 9.17) is 0 Å². The van der Waals surface area contributed by atoms with E-state index >= 15 is 0 Å². The molecule has 1 saturated heterocycles. The lowest BCUT2D eigenvalue weighted by Gasteiger charge is -2.35. The standard InChI is InChI=1S/C17H32N2OS/c1-5-8-14-16(20)19(15(18-14)11-13(2)3)12-17(21-4)9-6-7-10-17/h13-15,18H,5-12H2,1-4H3. The second kappa shape index (κ2) is 7.36. The Labute approximate surface area is 134 Å². The molecule has 1 saturated carbocycles. The highest BCUT2D eigenvalue weighted by Crippen LogP contribution is 2.41. The van der Waals surface area contributed by atoms with Gasteiger partial charge in [0.2, 0.25) is 5.91 Å². The van der Waals surface area contributed by atoms with E-state index < -0.39 is 0 Å². The maximum Gasteiger partial charge on any atom is 0.241 e. The predicted molar refractivity (Wildman–Crippen MR) is 91.5 cm³/mol. The molecule has 0 aromatic heterocycles. The zero-order valence-electron chi connectivity index (χ0n) is 14.2. The van der Waals surface area contributed by atoms with Crippen LogP contribution in [0.3, 0.4) is 0 Å². The van der Waals surface area contributed by atoms with Crippen molar-refractivity contribution in [1.29, 1.82) is 0 Å². The van der Waals surface area contributed by atoms with Gasteiger partial charge in [-0.1, -0.05) is 40.0 Å². The van der Waals surface area contributed by atoms with E-state index in [2.05, 4.69) is 37.2 Å². The monoisotopic (exact) mass is 312 g/mol. The summed E-state index contributed by atoms with van der Waals surface area (Å²) >= 11 is 1.98. The zero-order valence-corrected chi connectivity index (χ0v) is 15.0. The highest BCUT2D eigenvalue weighted by Gasteiger charge is 2.43. The van der Waals surface area contributed by atoms with Gasteiger partial charge in [-0.3, -0.25) is 10.1 Å². The molecule has 1 amide bonds. The fraction of sp³-hybridized carbons (Fsp3) is 0.941. The second-order valence-corrected chi connectivity index (χ2v) is 8.49. The molecule has 2 atom stereocenters. The van der Waals surface area contributed by atoms with Crippen molar-refractivity contribution in [3.8, 4) is 0 Å². The van der Waals surface area contributed by atoms with Crippen LogP contribution in [0.25, 0.3) is 0 Å². The van der Waals surface area contributed by atoms with Crippen LogP contribution >= 0.6 is 11.8 Å². The highest BCUT2D eigenvalue weighted by molar-refractivity contribution is 8.00. The Bertz CT molecular complexity index is 353. The van der Waals surface area contributed by atoms with Crippen LogP contribution in [0.5, 0.6) is 0 Å². The number of nitrogens with one attached hydrogen (secondary N) is 1. The molecule has 122 valence electrons. The predicted octanol–water partition coefficient (Wildman–Crippen LogP) is 3.63. The summed E-state index contributed by atoms with van der Waals surface area (Å²) in [6.07, 6.45) is 10.8. The minimum atomic E-state index is 0.0547. The summed E-state index contributed by atoms with van der Waals surface area (Å²) in [4.78, 5) is 15.0. The molecule has 21 heavy (non-hydrogen) atoms. The van der Waals surface area contributed by atoms with Gasteiger partial charge in [-0.15, -0.1) is 0 Å². The third kappa shape index (κ3) is 3.95. The van der Waals surface area contributed by atoms with Gasteiger partial charge < -0.3 is 4.90 Å². The number of hydrogen-bond donors (Lipinski definition) is 1. The van der Waals surface area contributed by atoms with Crippen molar-refractivity contribution in [2.75, 3.05) is 12.8 Å². The Morgan fingerprint density at radius 2 is 2.05 bits per heavy atom. The van der Waals surface area contributed by atoms with E-state index in [0.717, 1.165) is 25.8 Å². The summed E-state index contributed by atoms with van der Waals surface area (Å²) < 4.78 is 0.313. The third-order valence-electron chi connectivity index (χ3n) is 5.03. The second-order valence-electron chi connectivity index (χ2n) is 7.21. The number of carbonyl (C=O) groups excluding carboxylic acids is 1. The molecule has 4 heteroatoms. The van der Waals surface area contributed by atoms with Crippen LogP contribution in [0.15, 0.2) is 0 Å². The van der Waals surface area contributed by atoms with E-state index in [1.807, 2.05) is 11.8 Å². The topological polar surface area (TPSA) is 32.3 Å². The first-order valence-corrected chi connectivity index (χ1v) is 9.85. The van der Waals surface area contributed by atoms with Gasteiger partial charge >= 0.3 is 0 Å². The first-order valence-electron chi connectivity index (χ1n) is 8.63. The molecule has 2 aliphatic rings. The minimum Gasteiger partial charge on any atom is -0.324 e. The van der Waals surface area contributed by atoms with E-state index in [9.17, 15) is 4.79 Å². The number of carbonyl (C=O) groups is 1. The Kier molecular flexibility index (Phi) is 6.01. The summed E-state index contributed by atoms with van der Waals surface area (Å²) in [7, 11) is 0. The van der Waals surface area contributed by atoms with Crippen molar-refractivity contribution >= 4 is 17.7 Å².